The third kappa shape index (κ3) is 5.34. The van der Waals surface area contributed by atoms with Crippen LogP contribution in [0.2, 0.25) is 5.02 Å². The summed E-state index contributed by atoms with van der Waals surface area (Å²) >= 11 is 5.67. The standard InChI is InChI=1S/C16H17ClFNO2/c17-13-6-7-16(15(18)8-13)19-9-14(20)11-21-10-12-4-2-1-3-5-12/h1-8,14,19-20H,9-11H2. The minimum Gasteiger partial charge on any atom is -0.389 e. The molecule has 1 atom stereocenters. The minimum atomic E-state index is -0.719. The number of benzene rings is 2. The number of halogens is 2. The highest BCUT2D eigenvalue weighted by atomic mass is 35.5. The van der Waals surface area contributed by atoms with Crippen molar-refractivity contribution in [1.82, 2.24) is 0 Å². The molecule has 2 aromatic carbocycles. The molecule has 0 spiro atoms. The molecule has 0 aromatic heterocycles. The first kappa shape index (κ1) is 15.8. The van der Waals surface area contributed by atoms with Crippen molar-refractivity contribution in [2.75, 3.05) is 18.5 Å². The number of aliphatic hydroxyl groups excluding tert-OH is 1. The zero-order valence-corrected chi connectivity index (χ0v) is 12.2. The first-order chi connectivity index (χ1) is 10.1. The van der Waals surface area contributed by atoms with E-state index in [1.807, 2.05) is 30.3 Å². The Hall–Kier alpha value is -1.62. The highest BCUT2D eigenvalue weighted by Gasteiger charge is 2.07. The Bertz CT molecular complexity index is 565. The van der Waals surface area contributed by atoms with Gasteiger partial charge in [0, 0.05) is 11.6 Å². The van der Waals surface area contributed by atoms with Gasteiger partial charge in [0.05, 0.1) is 25.0 Å². The lowest BCUT2D eigenvalue weighted by Crippen LogP contribution is -2.25. The number of nitrogens with one attached hydrogen (secondary N) is 1. The van der Waals surface area contributed by atoms with E-state index in [1.165, 1.54) is 12.1 Å². The molecule has 0 heterocycles. The van der Waals surface area contributed by atoms with E-state index in [4.69, 9.17) is 16.3 Å². The second-order valence-electron chi connectivity index (χ2n) is 4.66. The molecule has 2 rings (SSSR count). The van der Waals surface area contributed by atoms with Gasteiger partial charge in [-0.1, -0.05) is 41.9 Å². The summed E-state index contributed by atoms with van der Waals surface area (Å²) in [6, 6.07) is 14.0. The average Bonchev–Trinajstić information content (AvgIpc) is 2.47. The molecule has 0 saturated carbocycles. The van der Waals surface area contributed by atoms with E-state index in [-0.39, 0.29) is 13.2 Å². The summed E-state index contributed by atoms with van der Waals surface area (Å²) in [5.74, 6) is -0.445. The summed E-state index contributed by atoms with van der Waals surface area (Å²) in [5, 5.41) is 13.0. The second kappa shape index (κ2) is 7.98. The number of anilines is 1. The molecular formula is C16H17ClFNO2. The highest BCUT2D eigenvalue weighted by molar-refractivity contribution is 6.30. The molecule has 1 unspecified atom stereocenters. The maximum absolute atomic E-state index is 13.5. The van der Waals surface area contributed by atoms with Crippen LogP contribution in [0.1, 0.15) is 5.56 Å². The number of hydrogen-bond acceptors (Lipinski definition) is 3. The first-order valence-electron chi connectivity index (χ1n) is 6.64. The van der Waals surface area contributed by atoms with Crippen molar-refractivity contribution in [3.05, 3.63) is 64.9 Å². The first-order valence-corrected chi connectivity index (χ1v) is 7.01. The minimum absolute atomic E-state index is 0.178. The van der Waals surface area contributed by atoms with Gasteiger partial charge in [0.25, 0.3) is 0 Å². The van der Waals surface area contributed by atoms with Crippen LogP contribution in [0.25, 0.3) is 0 Å². The molecule has 0 saturated heterocycles. The van der Waals surface area contributed by atoms with Gasteiger partial charge in [-0.05, 0) is 23.8 Å². The van der Waals surface area contributed by atoms with Crippen molar-refractivity contribution in [2.45, 2.75) is 12.7 Å². The molecule has 21 heavy (non-hydrogen) atoms. The van der Waals surface area contributed by atoms with E-state index in [9.17, 15) is 9.50 Å². The normalized spacial score (nSPS) is 12.1. The van der Waals surface area contributed by atoms with Crippen LogP contribution < -0.4 is 5.32 Å². The Morgan fingerprint density at radius 3 is 2.67 bits per heavy atom. The van der Waals surface area contributed by atoms with Gasteiger partial charge in [0.2, 0.25) is 0 Å². The van der Waals surface area contributed by atoms with Crippen molar-refractivity contribution in [3.63, 3.8) is 0 Å². The van der Waals surface area contributed by atoms with Gasteiger partial charge in [-0.25, -0.2) is 4.39 Å². The largest absolute Gasteiger partial charge is 0.389 e. The summed E-state index contributed by atoms with van der Waals surface area (Å²) in [7, 11) is 0. The van der Waals surface area contributed by atoms with Crippen LogP contribution in [0.3, 0.4) is 0 Å². The SMILES string of the molecule is OC(CNc1ccc(Cl)cc1F)COCc1ccccc1. The molecule has 0 amide bonds. The molecule has 3 nitrogen and oxygen atoms in total. The van der Waals surface area contributed by atoms with Crippen molar-refractivity contribution in [1.29, 1.82) is 0 Å². The molecule has 2 aromatic rings. The molecule has 2 N–H and O–H groups in total. The quantitative estimate of drug-likeness (QED) is 0.823. The van der Waals surface area contributed by atoms with E-state index in [0.29, 0.717) is 17.3 Å². The number of hydrogen-bond donors (Lipinski definition) is 2. The molecule has 5 heteroatoms. The van der Waals surface area contributed by atoms with Crippen LogP contribution in [0.5, 0.6) is 0 Å². The lowest BCUT2D eigenvalue weighted by Gasteiger charge is -2.14. The smallest absolute Gasteiger partial charge is 0.147 e. The van der Waals surface area contributed by atoms with Gasteiger partial charge in [0.1, 0.15) is 5.82 Å². The van der Waals surface area contributed by atoms with E-state index in [1.54, 1.807) is 6.07 Å². The third-order valence-corrected chi connectivity index (χ3v) is 3.12. The monoisotopic (exact) mass is 309 g/mol. The lowest BCUT2D eigenvalue weighted by atomic mass is 10.2. The number of aliphatic hydroxyl groups is 1. The summed E-state index contributed by atoms with van der Waals surface area (Å²) in [6.07, 6.45) is -0.719. The predicted octanol–water partition coefficient (Wildman–Crippen LogP) is 3.47. The second-order valence-corrected chi connectivity index (χ2v) is 5.10. The molecular weight excluding hydrogens is 293 g/mol. The Balaban J connectivity index is 1.71. The van der Waals surface area contributed by atoms with E-state index in [0.717, 1.165) is 5.56 Å². The Morgan fingerprint density at radius 1 is 1.19 bits per heavy atom. The highest BCUT2D eigenvalue weighted by Crippen LogP contribution is 2.18. The van der Waals surface area contributed by atoms with Crippen LogP contribution in [0.4, 0.5) is 10.1 Å². The fraction of sp³-hybridized carbons (Fsp3) is 0.250. The topological polar surface area (TPSA) is 41.5 Å². The van der Waals surface area contributed by atoms with Gasteiger partial charge in [0.15, 0.2) is 0 Å². The number of ether oxygens (including phenoxy) is 1. The van der Waals surface area contributed by atoms with Crippen LogP contribution in [-0.2, 0) is 11.3 Å². The average molecular weight is 310 g/mol. The Morgan fingerprint density at radius 2 is 1.95 bits per heavy atom. The fourth-order valence-electron chi connectivity index (χ4n) is 1.81. The van der Waals surface area contributed by atoms with Crippen molar-refractivity contribution in [2.24, 2.45) is 0 Å². The molecule has 0 bridgehead atoms. The van der Waals surface area contributed by atoms with Crippen molar-refractivity contribution >= 4 is 17.3 Å². The third-order valence-electron chi connectivity index (χ3n) is 2.88. The van der Waals surface area contributed by atoms with Crippen LogP contribution in [0.15, 0.2) is 48.5 Å². The van der Waals surface area contributed by atoms with E-state index < -0.39 is 11.9 Å². The Kier molecular flexibility index (Phi) is 5.99. The maximum atomic E-state index is 13.5. The van der Waals surface area contributed by atoms with Crippen molar-refractivity contribution < 1.29 is 14.2 Å². The van der Waals surface area contributed by atoms with Crippen molar-refractivity contribution in [3.8, 4) is 0 Å². The van der Waals surface area contributed by atoms with Crippen LogP contribution in [0, 0.1) is 5.82 Å². The molecule has 0 aliphatic carbocycles. The molecule has 0 aliphatic rings. The van der Waals surface area contributed by atoms with Gasteiger partial charge in [-0.15, -0.1) is 0 Å². The Labute approximate surface area is 128 Å². The summed E-state index contributed by atoms with van der Waals surface area (Å²) in [6.45, 7) is 0.817. The summed E-state index contributed by atoms with van der Waals surface area (Å²) in [5.41, 5.74) is 1.35. The van der Waals surface area contributed by atoms with E-state index in [2.05, 4.69) is 5.32 Å². The number of rotatable bonds is 7. The summed E-state index contributed by atoms with van der Waals surface area (Å²) < 4.78 is 18.9. The lowest BCUT2D eigenvalue weighted by molar-refractivity contribution is 0.0348. The van der Waals surface area contributed by atoms with Gasteiger partial charge in [-0.2, -0.15) is 0 Å². The molecule has 112 valence electrons. The molecule has 0 fully saturated rings. The maximum Gasteiger partial charge on any atom is 0.147 e. The fourth-order valence-corrected chi connectivity index (χ4v) is 1.97. The van der Waals surface area contributed by atoms with Crippen LogP contribution in [-0.4, -0.2) is 24.4 Å². The van der Waals surface area contributed by atoms with Crippen LogP contribution >= 0.6 is 11.6 Å². The molecule has 0 radical (unpaired) electrons. The summed E-state index contributed by atoms with van der Waals surface area (Å²) in [4.78, 5) is 0. The van der Waals surface area contributed by atoms with E-state index >= 15 is 0 Å². The van der Waals surface area contributed by atoms with Gasteiger partial charge < -0.3 is 15.2 Å². The zero-order valence-electron chi connectivity index (χ0n) is 11.4. The zero-order chi connectivity index (χ0) is 15.1. The van der Waals surface area contributed by atoms with Gasteiger partial charge >= 0.3 is 0 Å². The van der Waals surface area contributed by atoms with Gasteiger partial charge in [-0.3, -0.25) is 0 Å². The predicted molar refractivity (Wildman–Crippen MR) is 82.0 cm³/mol. The molecule has 0 aliphatic heterocycles.